The Kier molecular flexibility index (Phi) is 4.70. The van der Waals surface area contributed by atoms with E-state index < -0.39 is 0 Å². The van der Waals surface area contributed by atoms with Crippen molar-refractivity contribution in [3.05, 3.63) is 63.6 Å². The van der Waals surface area contributed by atoms with Crippen molar-refractivity contribution in [1.29, 1.82) is 0 Å². The van der Waals surface area contributed by atoms with Gasteiger partial charge >= 0.3 is 0 Å². The topological polar surface area (TPSA) is 9.23 Å². The largest absolute Gasteiger partial charge is 0.493 e. The van der Waals surface area contributed by atoms with Gasteiger partial charge in [0, 0.05) is 22.4 Å². The van der Waals surface area contributed by atoms with Crippen molar-refractivity contribution in [3.8, 4) is 5.75 Å². The number of alkyl halides is 1. The maximum absolute atomic E-state index is 5.89. The van der Waals surface area contributed by atoms with Crippen LogP contribution in [0.5, 0.6) is 5.75 Å². The third-order valence-electron chi connectivity index (χ3n) is 4.10. The smallest absolute Gasteiger partial charge is 0.127 e. The van der Waals surface area contributed by atoms with E-state index in [-0.39, 0.29) is 4.83 Å². The number of rotatable bonds is 4. The molecular formula is C18H18Br2O. The van der Waals surface area contributed by atoms with E-state index in [1.807, 2.05) is 0 Å². The van der Waals surface area contributed by atoms with Gasteiger partial charge in [-0.05, 0) is 29.7 Å². The zero-order valence-electron chi connectivity index (χ0n) is 12.0. The molecule has 0 radical (unpaired) electrons. The molecule has 1 nitrogen and oxygen atoms in total. The Morgan fingerprint density at radius 2 is 1.95 bits per heavy atom. The first-order chi connectivity index (χ1) is 10.2. The van der Waals surface area contributed by atoms with Crippen molar-refractivity contribution >= 4 is 31.9 Å². The third kappa shape index (κ3) is 3.04. The maximum Gasteiger partial charge on any atom is 0.127 e. The van der Waals surface area contributed by atoms with E-state index >= 15 is 0 Å². The zero-order chi connectivity index (χ0) is 14.8. The molecule has 0 aromatic heterocycles. The van der Waals surface area contributed by atoms with Gasteiger partial charge in [-0.1, -0.05) is 69.1 Å². The van der Waals surface area contributed by atoms with E-state index in [2.05, 4.69) is 81.2 Å². The lowest BCUT2D eigenvalue weighted by molar-refractivity contribution is 0.352. The Labute approximate surface area is 143 Å². The molecular weight excluding hydrogens is 392 g/mol. The van der Waals surface area contributed by atoms with E-state index in [0.717, 1.165) is 29.7 Å². The van der Waals surface area contributed by atoms with Gasteiger partial charge in [0.15, 0.2) is 0 Å². The number of ether oxygens (including phenoxy) is 1. The van der Waals surface area contributed by atoms with Crippen LogP contribution in [0.4, 0.5) is 0 Å². The van der Waals surface area contributed by atoms with Gasteiger partial charge in [-0.3, -0.25) is 0 Å². The van der Waals surface area contributed by atoms with Crippen LogP contribution in [0.15, 0.2) is 46.9 Å². The van der Waals surface area contributed by atoms with Gasteiger partial charge in [0.2, 0.25) is 0 Å². The van der Waals surface area contributed by atoms with Gasteiger partial charge in [-0.2, -0.15) is 0 Å². The van der Waals surface area contributed by atoms with Crippen LogP contribution < -0.4 is 4.74 Å². The van der Waals surface area contributed by atoms with E-state index in [1.165, 1.54) is 16.7 Å². The molecule has 110 valence electrons. The van der Waals surface area contributed by atoms with Crippen LogP contribution >= 0.6 is 31.9 Å². The molecule has 2 aromatic rings. The van der Waals surface area contributed by atoms with E-state index in [1.54, 1.807) is 0 Å². The Balaban J connectivity index is 2.00. The summed E-state index contributed by atoms with van der Waals surface area (Å²) in [6.45, 7) is 3.03. The fourth-order valence-electron chi connectivity index (χ4n) is 3.03. The van der Waals surface area contributed by atoms with Gasteiger partial charge in [0.25, 0.3) is 0 Å². The molecule has 3 rings (SSSR count). The fraction of sp³-hybridized carbons (Fsp3) is 0.333. The number of fused-ring (bicyclic) bond motifs is 1. The number of benzene rings is 2. The Morgan fingerprint density at radius 1 is 1.19 bits per heavy atom. The first-order valence-electron chi connectivity index (χ1n) is 7.34. The average molecular weight is 410 g/mol. The van der Waals surface area contributed by atoms with Gasteiger partial charge in [-0.15, -0.1) is 0 Å². The molecule has 0 aliphatic carbocycles. The van der Waals surface area contributed by atoms with E-state index in [4.69, 9.17) is 4.74 Å². The monoisotopic (exact) mass is 408 g/mol. The molecule has 1 aliphatic heterocycles. The highest BCUT2D eigenvalue weighted by Gasteiger charge is 2.27. The fourth-order valence-corrected chi connectivity index (χ4v) is 4.57. The van der Waals surface area contributed by atoms with Crippen LogP contribution in [0.3, 0.4) is 0 Å². The summed E-state index contributed by atoms with van der Waals surface area (Å²) < 4.78 is 7.02. The Morgan fingerprint density at radius 3 is 2.67 bits per heavy atom. The highest BCUT2D eigenvalue weighted by atomic mass is 79.9. The minimum Gasteiger partial charge on any atom is -0.493 e. The van der Waals surface area contributed by atoms with E-state index in [0.29, 0.717) is 5.92 Å². The predicted molar refractivity (Wildman–Crippen MR) is 94.5 cm³/mol. The van der Waals surface area contributed by atoms with Crippen molar-refractivity contribution in [2.75, 3.05) is 6.61 Å². The van der Waals surface area contributed by atoms with Crippen LogP contribution in [0, 0.1) is 0 Å². The van der Waals surface area contributed by atoms with Crippen LogP contribution in [0.1, 0.15) is 40.8 Å². The molecule has 0 bridgehead atoms. The van der Waals surface area contributed by atoms with Crippen molar-refractivity contribution in [1.82, 2.24) is 0 Å². The van der Waals surface area contributed by atoms with Crippen LogP contribution in [0.25, 0.3) is 0 Å². The molecule has 2 aromatic carbocycles. The third-order valence-corrected chi connectivity index (χ3v) is 5.68. The van der Waals surface area contributed by atoms with Gasteiger partial charge < -0.3 is 4.74 Å². The lowest BCUT2D eigenvalue weighted by Gasteiger charge is -2.24. The minimum absolute atomic E-state index is 0.259. The van der Waals surface area contributed by atoms with Crippen LogP contribution in [-0.4, -0.2) is 6.61 Å². The summed E-state index contributed by atoms with van der Waals surface area (Å²) in [5.74, 6) is 1.52. The summed E-state index contributed by atoms with van der Waals surface area (Å²) in [4.78, 5) is 0.259. The second-order valence-electron chi connectivity index (χ2n) is 5.41. The summed E-state index contributed by atoms with van der Waals surface area (Å²) >= 11 is 7.57. The summed E-state index contributed by atoms with van der Waals surface area (Å²) in [5, 5.41) is 0. The first kappa shape index (κ1) is 15.1. The van der Waals surface area contributed by atoms with Gasteiger partial charge in [-0.25, -0.2) is 0 Å². The highest BCUT2D eigenvalue weighted by molar-refractivity contribution is 9.10. The predicted octanol–water partition coefficient (Wildman–Crippen LogP) is 6.01. The molecule has 0 saturated heterocycles. The average Bonchev–Trinajstić information content (AvgIpc) is 2.96. The Hall–Kier alpha value is -0.800. The second-order valence-corrected chi connectivity index (χ2v) is 7.31. The normalized spacial score (nSPS) is 16.1. The quantitative estimate of drug-likeness (QED) is 0.561. The van der Waals surface area contributed by atoms with Gasteiger partial charge in [0.1, 0.15) is 5.75 Å². The summed E-state index contributed by atoms with van der Waals surface area (Å²) in [6.07, 6.45) is 2.09. The summed E-state index contributed by atoms with van der Waals surface area (Å²) in [7, 11) is 0. The van der Waals surface area contributed by atoms with Crippen LogP contribution in [-0.2, 0) is 6.42 Å². The standard InChI is InChI=1S/C18H18Br2O/c1-2-15(12-6-4-3-5-7-12)17(20)16-11-14(19)10-13-8-9-21-18(13)16/h3-7,10-11,15,17H,2,8-9H2,1H3. The number of hydrogen-bond donors (Lipinski definition) is 0. The summed E-state index contributed by atoms with van der Waals surface area (Å²) in [6, 6.07) is 15.1. The SMILES string of the molecule is CCC(c1ccccc1)C(Br)c1cc(Br)cc2c1OCC2. The molecule has 0 spiro atoms. The van der Waals surface area contributed by atoms with Crippen molar-refractivity contribution in [2.45, 2.75) is 30.5 Å². The molecule has 2 unspecified atom stereocenters. The molecule has 2 atom stereocenters. The molecule has 1 aliphatic rings. The molecule has 3 heteroatoms. The molecule has 0 amide bonds. The van der Waals surface area contributed by atoms with Crippen molar-refractivity contribution in [3.63, 3.8) is 0 Å². The van der Waals surface area contributed by atoms with E-state index in [9.17, 15) is 0 Å². The Bertz CT molecular complexity index is 625. The first-order valence-corrected chi connectivity index (χ1v) is 9.05. The zero-order valence-corrected chi connectivity index (χ0v) is 15.2. The lowest BCUT2D eigenvalue weighted by Crippen LogP contribution is -2.06. The molecule has 0 N–H and O–H groups in total. The number of hydrogen-bond acceptors (Lipinski definition) is 1. The van der Waals surface area contributed by atoms with Crippen molar-refractivity contribution in [2.24, 2.45) is 0 Å². The highest BCUT2D eigenvalue weighted by Crippen LogP contribution is 2.46. The maximum atomic E-state index is 5.89. The number of halogens is 2. The van der Waals surface area contributed by atoms with Gasteiger partial charge in [0.05, 0.1) is 11.4 Å². The second kappa shape index (κ2) is 6.53. The molecule has 1 heterocycles. The minimum atomic E-state index is 0.259. The summed E-state index contributed by atoms with van der Waals surface area (Å²) in [5.41, 5.74) is 3.94. The molecule has 0 saturated carbocycles. The molecule has 21 heavy (non-hydrogen) atoms. The molecule has 0 fully saturated rings. The van der Waals surface area contributed by atoms with Crippen LogP contribution in [0.2, 0.25) is 0 Å². The van der Waals surface area contributed by atoms with Crippen molar-refractivity contribution < 1.29 is 4.74 Å². The lowest BCUT2D eigenvalue weighted by atomic mass is 9.89.